The first-order valence-corrected chi connectivity index (χ1v) is 10.3. The van der Waals surface area contributed by atoms with Gasteiger partial charge in [0.1, 0.15) is 5.82 Å². The Labute approximate surface area is 172 Å². The van der Waals surface area contributed by atoms with E-state index in [0.29, 0.717) is 44.9 Å². The average Bonchev–Trinajstić information content (AvgIpc) is 2.95. The molecule has 0 spiro atoms. The number of hydrogen-bond donors (Lipinski definition) is 0. The molecule has 0 bridgehead atoms. The van der Waals surface area contributed by atoms with Crippen molar-refractivity contribution in [2.75, 3.05) is 26.2 Å². The number of hydrogen-bond acceptors (Lipinski definition) is 2. The summed E-state index contributed by atoms with van der Waals surface area (Å²) in [5, 5.41) is 0. The molecule has 1 aliphatic heterocycles. The zero-order valence-corrected chi connectivity index (χ0v) is 17.2. The zero-order chi connectivity index (χ0) is 20.8. The molecule has 4 nitrogen and oxygen atoms in total. The minimum atomic E-state index is -0.504. The highest BCUT2D eigenvalue weighted by molar-refractivity contribution is 5.94. The summed E-state index contributed by atoms with van der Waals surface area (Å²) in [5.74, 6) is -0.134. The zero-order valence-electron chi connectivity index (χ0n) is 17.2. The Bertz CT molecular complexity index is 848. The van der Waals surface area contributed by atoms with Crippen LogP contribution in [0.2, 0.25) is 0 Å². The van der Waals surface area contributed by atoms with Crippen LogP contribution in [0.1, 0.15) is 41.8 Å². The maximum atomic E-state index is 13.9. The van der Waals surface area contributed by atoms with Gasteiger partial charge < -0.3 is 9.80 Å². The van der Waals surface area contributed by atoms with E-state index >= 15 is 0 Å². The van der Waals surface area contributed by atoms with E-state index in [4.69, 9.17) is 0 Å². The van der Waals surface area contributed by atoms with Gasteiger partial charge in [-0.15, -0.1) is 0 Å². The van der Waals surface area contributed by atoms with Crippen LogP contribution in [-0.2, 0) is 17.6 Å². The van der Waals surface area contributed by atoms with Crippen LogP contribution in [0.25, 0.3) is 0 Å². The minimum Gasteiger partial charge on any atom is -0.341 e. The lowest BCUT2D eigenvalue weighted by atomic mass is 10.0. The molecule has 1 fully saturated rings. The molecule has 2 amide bonds. The summed E-state index contributed by atoms with van der Waals surface area (Å²) < 4.78 is 13.9. The van der Waals surface area contributed by atoms with Crippen molar-refractivity contribution in [3.63, 3.8) is 0 Å². The Morgan fingerprint density at radius 3 is 2.21 bits per heavy atom. The normalized spacial score (nSPS) is 14.8. The molecule has 1 aliphatic rings. The summed E-state index contributed by atoms with van der Waals surface area (Å²) in [4.78, 5) is 28.8. The fourth-order valence-electron chi connectivity index (χ4n) is 3.73. The van der Waals surface area contributed by atoms with E-state index < -0.39 is 5.82 Å². The van der Waals surface area contributed by atoms with E-state index in [2.05, 4.69) is 26.0 Å². The molecule has 0 saturated carbocycles. The summed E-state index contributed by atoms with van der Waals surface area (Å²) in [6.07, 6.45) is 2.09. The molecular weight excluding hydrogens is 367 g/mol. The minimum absolute atomic E-state index is 0.0711. The molecule has 154 valence electrons. The number of nitrogens with zero attached hydrogens (tertiary/aromatic N) is 2. The molecule has 0 atom stereocenters. The van der Waals surface area contributed by atoms with Crippen LogP contribution in [-0.4, -0.2) is 47.8 Å². The van der Waals surface area contributed by atoms with Gasteiger partial charge in [0.2, 0.25) is 5.91 Å². The molecule has 1 heterocycles. The Kier molecular flexibility index (Phi) is 7.02. The van der Waals surface area contributed by atoms with Gasteiger partial charge in [-0.05, 0) is 42.0 Å². The summed E-state index contributed by atoms with van der Waals surface area (Å²) >= 11 is 0. The highest BCUT2D eigenvalue weighted by Gasteiger charge is 2.24. The molecule has 29 heavy (non-hydrogen) atoms. The first-order valence-electron chi connectivity index (χ1n) is 10.3. The Balaban J connectivity index is 1.57. The predicted octanol–water partition coefficient (Wildman–Crippen LogP) is 3.94. The van der Waals surface area contributed by atoms with Gasteiger partial charge in [-0.25, -0.2) is 4.39 Å². The first-order chi connectivity index (χ1) is 13.9. The number of halogens is 1. The van der Waals surface area contributed by atoms with E-state index in [9.17, 15) is 14.0 Å². The van der Waals surface area contributed by atoms with Crippen molar-refractivity contribution in [1.82, 2.24) is 9.80 Å². The number of benzene rings is 2. The molecule has 5 heteroatoms. The van der Waals surface area contributed by atoms with Crippen molar-refractivity contribution in [2.24, 2.45) is 5.92 Å². The molecule has 2 aromatic carbocycles. The van der Waals surface area contributed by atoms with Crippen molar-refractivity contribution in [2.45, 2.75) is 33.1 Å². The highest BCUT2D eigenvalue weighted by atomic mass is 19.1. The summed E-state index contributed by atoms with van der Waals surface area (Å²) in [6.45, 7) is 6.43. The first kappa shape index (κ1) is 21.0. The summed E-state index contributed by atoms with van der Waals surface area (Å²) in [6, 6.07) is 14.3. The van der Waals surface area contributed by atoms with E-state index in [0.717, 1.165) is 12.0 Å². The highest BCUT2D eigenvalue weighted by Crippen LogP contribution is 2.14. The lowest BCUT2D eigenvalue weighted by Gasteiger charge is -2.22. The molecule has 0 radical (unpaired) electrons. The molecule has 1 saturated heterocycles. The molecule has 2 aromatic rings. The Hall–Kier alpha value is -2.69. The van der Waals surface area contributed by atoms with E-state index in [1.165, 1.54) is 17.7 Å². The summed E-state index contributed by atoms with van der Waals surface area (Å²) in [5.41, 5.74) is 2.38. The van der Waals surface area contributed by atoms with Gasteiger partial charge in [-0.1, -0.05) is 50.2 Å². The quantitative estimate of drug-likeness (QED) is 0.768. The topological polar surface area (TPSA) is 40.6 Å². The second-order valence-corrected chi connectivity index (χ2v) is 8.10. The average molecular weight is 397 g/mol. The largest absolute Gasteiger partial charge is 0.341 e. The molecule has 0 aromatic heterocycles. The number of rotatable bonds is 5. The molecule has 0 unspecified atom stereocenters. The SMILES string of the molecule is CC(C)Cc1ccc(CC(=O)N2CCCN(C(=O)c3ccccc3F)CC2)cc1. The van der Waals surface area contributed by atoms with Gasteiger partial charge in [0.25, 0.3) is 5.91 Å². The van der Waals surface area contributed by atoms with Gasteiger partial charge in [0, 0.05) is 26.2 Å². The summed E-state index contributed by atoms with van der Waals surface area (Å²) in [7, 11) is 0. The van der Waals surface area contributed by atoms with Crippen molar-refractivity contribution in [1.29, 1.82) is 0 Å². The van der Waals surface area contributed by atoms with Crippen LogP contribution >= 0.6 is 0 Å². The molecular formula is C24H29FN2O2. The fraction of sp³-hybridized carbons (Fsp3) is 0.417. The van der Waals surface area contributed by atoms with E-state index in [1.807, 2.05) is 17.0 Å². The van der Waals surface area contributed by atoms with Crippen molar-refractivity contribution in [3.05, 3.63) is 71.0 Å². The standard InChI is InChI=1S/C24H29FN2O2/c1-18(2)16-19-8-10-20(11-9-19)17-23(28)26-12-5-13-27(15-14-26)24(29)21-6-3-4-7-22(21)25/h3-4,6-11,18H,5,12-17H2,1-2H3. The molecule has 0 N–H and O–H groups in total. The third-order valence-electron chi connectivity index (χ3n) is 5.26. The van der Waals surface area contributed by atoms with Gasteiger partial charge in [-0.3, -0.25) is 9.59 Å². The van der Waals surface area contributed by atoms with Crippen LogP contribution < -0.4 is 0 Å². The van der Waals surface area contributed by atoms with Crippen molar-refractivity contribution < 1.29 is 14.0 Å². The molecule has 3 rings (SSSR count). The maximum absolute atomic E-state index is 13.9. The van der Waals surface area contributed by atoms with Crippen LogP contribution in [0.3, 0.4) is 0 Å². The van der Waals surface area contributed by atoms with Crippen molar-refractivity contribution in [3.8, 4) is 0 Å². The van der Waals surface area contributed by atoms with Gasteiger partial charge in [0.05, 0.1) is 12.0 Å². The van der Waals surface area contributed by atoms with Crippen LogP contribution in [0.4, 0.5) is 4.39 Å². The van der Waals surface area contributed by atoms with E-state index in [-0.39, 0.29) is 17.4 Å². The van der Waals surface area contributed by atoms with Crippen LogP contribution in [0, 0.1) is 11.7 Å². The second kappa shape index (κ2) is 9.68. The fourth-order valence-corrected chi connectivity index (χ4v) is 3.73. The number of amides is 2. The number of carbonyl (C=O) groups is 2. The Morgan fingerprint density at radius 1 is 0.897 bits per heavy atom. The van der Waals surface area contributed by atoms with E-state index in [1.54, 1.807) is 17.0 Å². The third-order valence-corrected chi connectivity index (χ3v) is 5.26. The van der Waals surface area contributed by atoms with Gasteiger partial charge >= 0.3 is 0 Å². The second-order valence-electron chi connectivity index (χ2n) is 8.10. The predicted molar refractivity (Wildman–Crippen MR) is 112 cm³/mol. The lowest BCUT2D eigenvalue weighted by molar-refractivity contribution is -0.130. The van der Waals surface area contributed by atoms with Crippen LogP contribution in [0.5, 0.6) is 0 Å². The van der Waals surface area contributed by atoms with Crippen molar-refractivity contribution >= 4 is 11.8 Å². The Morgan fingerprint density at radius 2 is 1.52 bits per heavy atom. The number of carbonyl (C=O) groups excluding carboxylic acids is 2. The van der Waals surface area contributed by atoms with Crippen LogP contribution in [0.15, 0.2) is 48.5 Å². The maximum Gasteiger partial charge on any atom is 0.256 e. The third kappa shape index (κ3) is 5.66. The van der Waals surface area contributed by atoms with Gasteiger partial charge in [0.15, 0.2) is 0 Å². The monoisotopic (exact) mass is 396 g/mol. The molecule has 0 aliphatic carbocycles. The van der Waals surface area contributed by atoms with Gasteiger partial charge in [-0.2, -0.15) is 0 Å². The lowest BCUT2D eigenvalue weighted by Crippen LogP contribution is -2.38. The smallest absolute Gasteiger partial charge is 0.256 e.